The molecule has 1 heterocycles. The normalized spacial score (nSPS) is 10.5. The minimum Gasteiger partial charge on any atom is -0.296 e. The zero-order valence-electron chi connectivity index (χ0n) is 8.61. The van der Waals surface area contributed by atoms with Crippen molar-refractivity contribution >= 4 is 11.6 Å². The summed E-state index contributed by atoms with van der Waals surface area (Å²) in [4.78, 5) is 24.3. The molecule has 17 heavy (non-hydrogen) atoms. The van der Waals surface area contributed by atoms with Crippen LogP contribution in [0.3, 0.4) is 0 Å². The smallest absolute Gasteiger partial charge is 0.296 e. The Balaban J connectivity index is 2.38. The van der Waals surface area contributed by atoms with Crippen LogP contribution in [0.1, 0.15) is 5.56 Å². The molecule has 0 amide bonds. The van der Waals surface area contributed by atoms with E-state index in [1.165, 1.54) is 35.0 Å². The van der Waals surface area contributed by atoms with Gasteiger partial charge in [0.05, 0.1) is 6.54 Å². The molecule has 0 saturated carbocycles. The second-order valence-electron chi connectivity index (χ2n) is 3.47. The zero-order chi connectivity index (χ0) is 12.4. The maximum atomic E-state index is 13.5. The molecule has 4 nitrogen and oxygen atoms in total. The van der Waals surface area contributed by atoms with Crippen molar-refractivity contribution in [1.82, 2.24) is 9.55 Å². The first-order valence-corrected chi connectivity index (χ1v) is 5.18. The Bertz CT molecular complexity index is 663. The summed E-state index contributed by atoms with van der Waals surface area (Å²) in [6.45, 7) is 0.0403. The van der Waals surface area contributed by atoms with Crippen molar-refractivity contribution in [3.8, 4) is 0 Å². The van der Waals surface area contributed by atoms with Gasteiger partial charge in [-0.3, -0.25) is 14.3 Å². The molecular formula is C11H8ClFN2O2. The summed E-state index contributed by atoms with van der Waals surface area (Å²) < 4.78 is 14.7. The van der Waals surface area contributed by atoms with Crippen LogP contribution in [0.2, 0.25) is 5.02 Å². The molecule has 1 N–H and O–H groups in total. The quantitative estimate of drug-likeness (QED) is 0.880. The highest BCUT2D eigenvalue weighted by Crippen LogP contribution is 2.14. The first-order chi connectivity index (χ1) is 8.06. The fourth-order valence-corrected chi connectivity index (χ4v) is 1.56. The van der Waals surface area contributed by atoms with Crippen molar-refractivity contribution in [2.45, 2.75) is 6.54 Å². The highest BCUT2D eigenvalue weighted by molar-refractivity contribution is 6.30. The van der Waals surface area contributed by atoms with E-state index in [0.717, 1.165) is 0 Å². The zero-order valence-corrected chi connectivity index (χ0v) is 9.37. The fourth-order valence-electron chi connectivity index (χ4n) is 1.40. The Hall–Kier alpha value is -1.88. The lowest BCUT2D eigenvalue weighted by Gasteiger charge is -2.05. The number of rotatable bonds is 2. The third-order valence-electron chi connectivity index (χ3n) is 2.25. The van der Waals surface area contributed by atoms with Gasteiger partial charge in [-0.25, -0.2) is 9.18 Å². The lowest BCUT2D eigenvalue weighted by atomic mass is 10.2. The average Bonchev–Trinajstić information content (AvgIpc) is 2.25. The number of hydrogen-bond donors (Lipinski definition) is 1. The molecule has 0 bridgehead atoms. The molecule has 1 aromatic heterocycles. The van der Waals surface area contributed by atoms with Crippen molar-refractivity contribution in [3.63, 3.8) is 0 Å². The summed E-state index contributed by atoms with van der Waals surface area (Å²) in [6, 6.07) is 5.41. The monoisotopic (exact) mass is 254 g/mol. The minimum atomic E-state index is -0.577. The van der Waals surface area contributed by atoms with E-state index in [1.54, 1.807) is 0 Å². The van der Waals surface area contributed by atoms with E-state index in [4.69, 9.17) is 11.6 Å². The van der Waals surface area contributed by atoms with Crippen molar-refractivity contribution < 1.29 is 4.39 Å². The largest absolute Gasteiger partial charge is 0.328 e. The maximum Gasteiger partial charge on any atom is 0.328 e. The number of aromatic nitrogens is 2. The van der Waals surface area contributed by atoms with Crippen LogP contribution in [0, 0.1) is 5.82 Å². The molecule has 0 aliphatic carbocycles. The summed E-state index contributed by atoms with van der Waals surface area (Å²) in [7, 11) is 0. The highest BCUT2D eigenvalue weighted by Gasteiger charge is 2.05. The lowest BCUT2D eigenvalue weighted by Crippen LogP contribution is -2.29. The van der Waals surface area contributed by atoms with E-state index in [2.05, 4.69) is 4.98 Å². The average molecular weight is 255 g/mol. The molecule has 0 unspecified atom stereocenters. The number of nitrogens with one attached hydrogen (secondary N) is 1. The van der Waals surface area contributed by atoms with Gasteiger partial charge in [0.2, 0.25) is 0 Å². The third kappa shape index (κ3) is 2.62. The number of halogens is 2. The molecule has 88 valence electrons. The topological polar surface area (TPSA) is 54.9 Å². The molecule has 1 aromatic carbocycles. The van der Waals surface area contributed by atoms with E-state index < -0.39 is 17.1 Å². The maximum absolute atomic E-state index is 13.5. The third-order valence-corrected chi connectivity index (χ3v) is 2.49. The first-order valence-electron chi connectivity index (χ1n) is 4.80. The van der Waals surface area contributed by atoms with Crippen molar-refractivity contribution in [1.29, 1.82) is 0 Å². The Labute approximate surface area is 100 Å². The molecular weight excluding hydrogens is 247 g/mol. The first kappa shape index (κ1) is 11.6. The highest BCUT2D eigenvalue weighted by atomic mass is 35.5. The van der Waals surface area contributed by atoms with Crippen molar-refractivity contribution in [3.05, 3.63) is 67.7 Å². The van der Waals surface area contributed by atoms with Crippen molar-refractivity contribution in [2.75, 3.05) is 0 Å². The molecule has 2 rings (SSSR count). The van der Waals surface area contributed by atoms with Gasteiger partial charge in [0.1, 0.15) is 5.82 Å². The molecule has 0 fully saturated rings. The van der Waals surface area contributed by atoms with Gasteiger partial charge in [-0.05, 0) is 12.1 Å². The molecule has 0 saturated heterocycles. The Morgan fingerprint density at radius 2 is 2.06 bits per heavy atom. The van der Waals surface area contributed by atoms with Gasteiger partial charge >= 0.3 is 5.69 Å². The van der Waals surface area contributed by atoms with Crippen LogP contribution in [0.5, 0.6) is 0 Å². The van der Waals surface area contributed by atoms with Gasteiger partial charge in [0, 0.05) is 22.8 Å². The molecule has 6 heteroatoms. The van der Waals surface area contributed by atoms with Crippen LogP contribution in [0.25, 0.3) is 0 Å². The Morgan fingerprint density at radius 1 is 1.29 bits per heavy atom. The molecule has 0 spiro atoms. The van der Waals surface area contributed by atoms with Crippen LogP contribution < -0.4 is 11.2 Å². The van der Waals surface area contributed by atoms with Gasteiger partial charge < -0.3 is 0 Å². The number of aromatic amines is 1. The lowest BCUT2D eigenvalue weighted by molar-refractivity contribution is 0.593. The van der Waals surface area contributed by atoms with E-state index in [0.29, 0.717) is 10.6 Å². The van der Waals surface area contributed by atoms with Crippen LogP contribution in [-0.2, 0) is 6.54 Å². The standard InChI is InChI=1S/C11H8ClFN2O2/c12-8-2-1-7(9(13)5-8)6-15-4-3-10(16)14-11(15)17/h1-5H,6H2,(H,14,16,17). The predicted octanol–water partition coefficient (Wildman–Crippen LogP) is 1.38. The van der Waals surface area contributed by atoms with E-state index in [1.807, 2.05) is 0 Å². The molecule has 2 aromatic rings. The number of H-pyrrole nitrogens is 1. The fraction of sp³-hybridized carbons (Fsp3) is 0.0909. The second-order valence-corrected chi connectivity index (χ2v) is 3.91. The van der Waals surface area contributed by atoms with Gasteiger partial charge in [-0.15, -0.1) is 0 Å². The Kier molecular flexibility index (Phi) is 3.10. The van der Waals surface area contributed by atoms with Gasteiger partial charge in [0.25, 0.3) is 5.56 Å². The van der Waals surface area contributed by atoms with Crippen LogP contribution in [-0.4, -0.2) is 9.55 Å². The summed E-state index contributed by atoms with van der Waals surface area (Å²) >= 11 is 5.62. The molecule has 0 aliphatic rings. The Morgan fingerprint density at radius 3 is 2.71 bits per heavy atom. The van der Waals surface area contributed by atoms with E-state index in [-0.39, 0.29) is 6.54 Å². The molecule has 0 atom stereocenters. The molecule has 0 aliphatic heterocycles. The van der Waals surface area contributed by atoms with Crippen LogP contribution >= 0.6 is 11.6 Å². The summed E-state index contributed by atoms with van der Waals surface area (Å²) in [5.74, 6) is -0.490. The van der Waals surface area contributed by atoms with Gasteiger partial charge in [-0.2, -0.15) is 0 Å². The minimum absolute atomic E-state index is 0.0403. The predicted molar refractivity (Wildman–Crippen MR) is 61.8 cm³/mol. The van der Waals surface area contributed by atoms with Crippen LogP contribution in [0.4, 0.5) is 4.39 Å². The summed E-state index contributed by atoms with van der Waals surface area (Å²) in [6.07, 6.45) is 1.31. The van der Waals surface area contributed by atoms with Gasteiger partial charge in [0.15, 0.2) is 0 Å². The SMILES string of the molecule is O=c1ccn(Cc2ccc(Cl)cc2F)c(=O)[nH]1. The number of hydrogen-bond acceptors (Lipinski definition) is 2. The van der Waals surface area contributed by atoms with E-state index in [9.17, 15) is 14.0 Å². The summed E-state index contributed by atoms with van der Waals surface area (Å²) in [5, 5.41) is 0.292. The number of nitrogens with zero attached hydrogens (tertiary/aromatic N) is 1. The van der Waals surface area contributed by atoms with Crippen molar-refractivity contribution in [2.24, 2.45) is 0 Å². The van der Waals surface area contributed by atoms with Crippen LogP contribution in [0.15, 0.2) is 40.1 Å². The molecule has 0 radical (unpaired) electrons. The van der Waals surface area contributed by atoms with E-state index >= 15 is 0 Å². The summed E-state index contributed by atoms with van der Waals surface area (Å²) in [5.41, 5.74) is -0.738. The van der Waals surface area contributed by atoms with Gasteiger partial charge in [-0.1, -0.05) is 17.7 Å². The number of benzene rings is 1. The second kappa shape index (κ2) is 4.55.